The predicted octanol–water partition coefficient (Wildman–Crippen LogP) is 2.19. The summed E-state index contributed by atoms with van der Waals surface area (Å²) in [4.78, 5) is 6.46. The molecule has 1 aliphatic rings. The minimum absolute atomic E-state index is 0.0745. The Kier molecular flexibility index (Phi) is 4.04. The number of thiazole rings is 1. The van der Waals surface area contributed by atoms with Gasteiger partial charge in [-0.3, -0.25) is 0 Å². The van der Waals surface area contributed by atoms with E-state index in [0.717, 1.165) is 34.7 Å². The van der Waals surface area contributed by atoms with E-state index >= 15 is 0 Å². The van der Waals surface area contributed by atoms with Crippen molar-refractivity contribution in [3.05, 3.63) is 27.6 Å². The van der Waals surface area contributed by atoms with Gasteiger partial charge in [0.2, 0.25) is 10.0 Å². The molecule has 2 aromatic heterocycles. The Bertz CT molecular complexity index is 749. The number of fused-ring (bicyclic) bond motifs is 1. The Morgan fingerprint density at radius 3 is 2.95 bits per heavy atom. The highest BCUT2D eigenvalue weighted by atomic mass is 32.2. The molecular formula is C13H17N3O2S3. The van der Waals surface area contributed by atoms with Crippen molar-refractivity contribution in [2.75, 3.05) is 5.73 Å². The van der Waals surface area contributed by atoms with E-state index < -0.39 is 10.0 Å². The number of aryl methyl sites for hydroxylation is 2. The number of hydrogen-bond donors (Lipinski definition) is 2. The first kappa shape index (κ1) is 15.0. The van der Waals surface area contributed by atoms with Gasteiger partial charge < -0.3 is 5.73 Å². The SMILES string of the molecule is CCc1ccc(S(=O)(=O)NC2CCc3nc(N)sc3C2)s1. The van der Waals surface area contributed by atoms with Crippen LogP contribution < -0.4 is 10.5 Å². The highest BCUT2D eigenvalue weighted by Crippen LogP contribution is 2.29. The molecule has 0 bridgehead atoms. The number of nitrogens with two attached hydrogens (primary N) is 1. The Labute approximate surface area is 132 Å². The van der Waals surface area contributed by atoms with Crippen LogP contribution in [0.1, 0.15) is 28.8 Å². The molecule has 21 heavy (non-hydrogen) atoms. The van der Waals surface area contributed by atoms with Crippen LogP contribution in [0, 0.1) is 0 Å². The van der Waals surface area contributed by atoms with Gasteiger partial charge >= 0.3 is 0 Å². The summed E-state index contributed by atoms with van der Waals surface area (Å²) in [5.74, 6) is 0. The van der Waals surface area contributed by atoms with Crippen LogP contribution in [-0.2, 0) is 29.3 Å². The highest BCUT2D eigenvalue weighted by Gasteiger charge is 2.27. The zero-order chi connectivity index (χ0) is 15.0. The van der Waals surface area contributed by atoms with Gasteiger partial charge in [0.15, 0.2) is 5.13 Å². The number of nitrogen functional groups attached to an aromatic ring is 1. The van der Waals surface area contributed by atoms with Gasteiger partial charge in [-0.05, 0) is 31.4 Å². The predicted molar refractivity (Wildman–Crippen MR) is 86.4 cm³/mol. The van der Waals surface area contributed by atoms with Gasteiger partial charge in [0.05, 0.1) is 5.69 Å². The molecule has 1 unspecified atom stereocenters. The fourth-order valence-corrected chi connectivity index (χ4v) is 6.01. The summed E-state index contributed by atoms with van der Waals surface area (Å²) in [6.07, 6.45) is 3.07. The molecule has 0 saturated heterocycles. The van der Waals surface area contributed by atoms with E-state index in [1.54, 1.807) is 6.07 Å². The molecule has 0 aliphatic heterocycles. The molecule has 3 N–H and O–H groups in total. The van der Waals surface area contributed by atoms with Crippen molar-refractivity contribution in [3.63, 3.8) is 0 Å². The lowest BCUT2D eigenvalue weighted by molar-refractivity contribution is 0.509. The highest BCUT2D eigenvalue weighted by molar-refractivity contribution is 7.91. The van der Waals surface area contributed by atoms with Crippen molar-refractivity contribution in [2.45, 2.75) is 42.9 Å². The molecule has 0 aromatic carbocycles. The maximum absolute atomic E-state index is 12.4. The van der Waals surface area contributed by atoms with Gasteiger partial charge in [-0.25, -0.2) is 18.1 Å². The monoisotopic (exact) mass is 343 g/mol. The van der Waals surface area contributed by atoms with Gasteiger partial charge in [-0.1, -0.05) is 6.92 Å². The number of sulfonamides is 1. The van der Waals surface area contributed by atoms with Crippen molar-refractivity contribution >= 4 is 37.8 Å². The van der Waals surface area contributed by atoms with Crippen LogP contribution in [0.25, 0.3) is 0 Å². The molecule has 8 heteroatoms. The minimum Gasteiger partial charge on any atom is -0.375 e. The number of nitrogens with one attached hydrogen (secondary N) is 1. The minimum atomic E-state index is -3.42. The number of thiophene rings is 1. The largest absolute Gasteiger partial charge is 0.375 e. The second-order valence-corrected chi connectivity index (χ2v) is 9.28. The van der Waals surface area contributed by atoms with Crippen LogP contribution in [0.4, 0.5) is 5.13 Å². The molecule has 0 radical (unpaired) electrons. The topological polar surface area (TPSA) is 85.1 Å². The number of anilines is 1. The van der Waals surface area contributed by atoms with Crippen LogP contribution in [0.3, 0.4) is 0 Å². The molecule has 0 amide bonds. The summed E-state index contributed by atoms with van der Waals surface area (Å²) in [7, 11) is -3.42. The van der Waals surface area contributed by atoms with Crippen LogP contribution in [0.15, 0.2) is 16.3 Å². The van der Waals surface area contributed by atoms with Gasteiger partial charge in [0, 0.05) is 22.2 Å². The third-order valence-electron chi connectivity index (χ3n) is 3.53. The molecule has 0 fully saturated rings. The molecule has 114 valence electrons. The number of aromatic nitrogens is 1. The first-order valence-electron chi connectivity index (χ1n) is 6.83. The van der Waals surface area contributed by atoms with Gasteiger partial charge in [-0.2, -0.15) is 0 Å². The van der Waals surface area contributed by atoms with E-state index in [1.807, 2.05) is 13.0 Å². The Morgan fingerprint density at radius 2 is 2.24 bits per heavy atom. The van der Waals surface area contributed by atoms with Crippen molar-refractivity contribution in [1.29, 1.82) is 0 Å². The van der Waals surface area contributed by atoms with Gasteiger partial charge in [-0.15, -0.1) is 22.7 Å². The molecule has 2 heterocycles. The fourth-order valence-electron chi connectivity index (χ4n) is 2.47. The lowest BCUT2D eigenvalue weighted by Gasteiger charge is -2.21. The smallest absolute Gasteiger partial charge is 0.250 e. The molecular weight excluding hydrogens is 326 g/mol. The first-order chi connectivity index (χ1) is 9.98. The number of hydrogen-bond acceptors (Lipinski definition) is 6. The Hall–Kier alpha value is -0.960. The molecule has 1 aliphatic carbocycles. The molecule has 3 rings (SSSR count). The van der Waals surface area contributed by atoms with Crippen LogP contribution in [-0.4, -0.2) is 19.4 Å². The van der Waals surface area contributed by atoms with Crippen molar-refractivity contribution in [3.8, 4) is 0 Å². The van der Waals surface area contributed by atoms with Crippen molar-refractivity contribution in [2.24, 2.45) is 0 Å². The van der Waals surface area contributed by atoms with E-state index in [2.05, 4.69) is 9.71 Å². The Morgan fingerprint density at radius 1 is 1.43 bits per heavy atom. The van der Waals surface area contributed by atoms with E-state index in [1.165, 1.54) is 22.7 Å². The number of nitrogens with zero attached hydrogens (tertiary/aromatic N) is 1. The lowest BCUT2D eigenvalue weighted by atomic mass is 9.99. The third kappa shape index (κ3) is 3.13. The fraction of sp³-hybridized carbons (Fsp3) is 0.462. The standard InChI is InChI=1S/C13H17N3O2S3/c1-2-9-4-6-12(19-9)21(17,18)16-8-3-5-10-11(7-8)20-13(14)15-10/h4,6,8,16H,2-3,5,7H2,1H3,(H2,14,15). The zero-order valence-corrected chi connectivity index (χ0v) is 14.1. The van der Waals surface area contributed by atoms with E-state index in [9.17, 15) is 8.42 Å². The second-order valence-electron chi connectivity index (χ2n) is 5.06. The molecule has 0 spiro atoms. The van der Waals surface area contributed by atoms with Crippen LogP contribution >= 0.6 is 22.7 Å². The lowest BCUT2D eigenvalue weighted by Crippen LogP contribution is -2.38. The van der Waals surface area contributed by atoms with Gasteiger partial charge in [0.1, 0.15) is 4.21 Å². The van der Waals surface area contributed by atoms with Gasteiger partial charge in [0.25, 0.3) is 0 Å². The molecule has 1 atom stereocenters. The summed E-state index contributed by atoms with van der Waals surface area (Å²) >= 11 is 2.80. The first-order valence-corrected chi connectivity index (χ1v) is 9.94. The third-order valence-corrected chi connectivity index (χ3v) is 7.72. The summed E-state index contributed by atoms with van der Waals surface area (Å²) in [5, 5.41) is 0.564. The Balaban J connectivity index is 1.74. The van der Waals surface area contributed by atoms with E-state index in [-0.39, 0.29) is 6.04 Å². The van der Waals surface area contributed by atoms with Crippen LogP contribution in [0.5, 0.6) is 0 Å². The average Bonchev–Trinajstić information content (AvgIpc) is 3.03. The van der Waals surface area contributed by atoms with Crippen molar-refractivity contribution in [1.82, 2.24) is 9.71 Å². The maximum atomic E-state index is 12.4. The normalized spacial score (nSPS) is 18.6. The summed E-state index contributed by atoms with van der Waals surface area (Å²) in [6.45, 7) is 2.02. The molecule has 0 saturated carbocycles. The summed E-state index contributed by atoms with van der Waals surface area (Å²) < 4.78 is 28.0. The quantitative estimate of drug-likeness (QED) is 0.891. The summed E-state index contributed by atoms with van der Waals surface area (Å²) in [5.41, 5.74) is 6.74. The van der Waals surface area contributed by atoms with Crippen LogP contribution in [0.2, 0.25) is 0 Å². The van der Waals surface area contributed by atoms with Crippen molar-refractivity contribution < 1.29 is 8.42 Å². The maximum Gasteiger partial charge on any atom is 0.250 e. The number of rotatable bonds is 4. The summed E-state index contributed by atoms with van der Waals surface area (Å²) in [6, 6.07) is 3.49. The molecule has 2 aromatic rings. The zero-order valence-electron chi connectivity index (χ0n) is 11.6. The van der Waals surface area contributed by atoms with E-state index in [0.29, 0.717) is 15.8 Å². The van der Waals surface area contributed by atoms with E-state index in [4.69, 9.17) is 5.73 Å². The second kappa shape index (κ2) is 5.68. The molecule has 5 nitrogen and oxygen atoms in total. The average molecular weight is 343 g/mol.